The van der Waals surface area contributed by atoms with E-state index in [1.54, 1.807) is 55.0 Å². The lowest BCUT2D eigenvalue weighted by Crippen LogP contribution is -2.53. The molecular formula is C40H47NO8S2. The van der Waals surface area contributed by atoms with Crippen LogP contribution in [-0.2, 0) is 23.0 Å². The van der Waals surface area contributed by atoms with Crippen molar-refractivity contribution in [1.29, 1.82) is 0 Å². The highest BCUT2D eigenvalue weighted by Crippen LogP contribution is 2.59. The van der Waals surface area contributed by atoms with Crippen molar-refractivity contribution >= 4 is 27.1 Å². The molecule has 0 radical (unpaired) electrons. The van der Waals surface area contributed by atoms with E-state index in [1.165, 1.54) is 17.7 Å². The molecule has 7 rings (SSSR count). The number of methoxy groups -OCH3 is 2. The average Bonchev–Trinajstić information content (AvgIpc) is 3.90. The lowest BCUT2D eigenvalue weighted by Gasteiger charge is -2.46. The topological polar surface area (TPSA) is 127 Å². The molecule has 0 amide bonds. The summed E-state index contributed by atoms with van der Waals surface area (Å²) in [6.07, 6.45) is 6.83. The molecule has 1 saturated carbocycles. The molecule has 11 heteroatoms. The summed E-state index contributed by atoms with van der Waals surface area (Å²) in [5.74, 6) is 0.726. The van der Waals surface area contributed by atoms with Gasteiger partial charge >= 0.3 is 0 Å². The summed E-state index contributed by atoms with van der Waals surface area (Å²) in [5.41, 5.74) is 1.58. The van der Waals surface area contributed by atoms with E-state index in [2.05, 4.69) is 13.0 Å². The zero-order valence-corrected chi connectivity index (χ0v) is 31.3. The predicted octanol–water partition coefficient (Wildman–Crippen LogP) is 7.52. The van der Waals surface area contributed by atoms with Gasteiger partial charge in [-0.1, -0.05) is 42.8 Å². The van der Waals surface area contributed by atoms with Crippen molar-refractivity contribution in [3.63, 3.8) is 0 Å². The minimum Gasteiger partial charge on any atom is -0.497 e. The number of fused-ring (bicyclic) bond motifs is 8. The van der Waals surface area contributed by atoms with Gasteiger partial charge < -0.3 is 24.1 Å². The number of allylic oxidation sites excluding steroid dienone is 2. The molecule has 272 valence electrons. The number of furan rings is 1. The zero-order valence-electron chi connectivity index (χ0n) is 29.6. The van der Waals surface area contributed by atoms with Gasteiger partial charge in [0.15, 0.2) is 5.76 Å². The first-order valence-electron chi connectivity index (χ1n) is 17.4. The van der Waals surface area contributed by atoms with Crippen LogP contribution < -0.4 is 9.47 Å². The third kappa shape index (κ3) is 7.45. The van der Waals surface area contributed by atoms with Crippen LogP contribution in [0.2, 0.25) is 0 Å². The Morgan fingerprint density at radius 3 is 2.59 bits per heavy atom. The van der Waals surface area contributed by atoms with Crippen LogP contribution in [0.3, 0.4) is 0 Å². The number of ketones is 1. The summed E-state index contributed by atoms with van der Waals surface area (Å²) >= 11 is 1.14. The van der Waals surface area contributed by atoms with Gasteiger partial charge in [0.1, 0.15) is 15.7 Å². The van der Waals surface area contributed by atoms with E-state index in [-0.39, 0.29) is 34.8 Å². The van der Waals surface area contributed by atoms with Crippen LogP contribution in [0.5, 0.6) is 11.5 Å². The molecule has 51 heavy (non-hydrogen) atoms. The number of hydrogen-bond acceptors (Lipinski definition) is 9. The molecule has 0 saturated heterocycles. The first-order valence-corrected chi connectivity index (χ1v) is 19.7. The molecule has 2 N–H and O–H groups in total. The van der Waals surface area contributed by atoms with Crippen molar-refractivity contribution in [2.24, 2.45) is 5.41 Å². The van der Waals surface area contributed by atoms with E-state index in [4.69, 9.17) is 13.9 Å². The summed E-state index contributed by atoms with van der Waals surface area (Å²) in [6.45, 7) is 3.91. The summed E-state index contributed by atoms with van der Waals surface area (Å²) in [4.78, 5) is 14.0. The van der Waals surface area contributed by atoms with Crippen molar-refractivity contribution in [2.45, 2.75) is 87.2 Å². The molecule has 0 spiro atoms. The number of rotatable bonds is 10. The van der Waals surface area contributed by atoms with Gasteiger partial charge in [-0.15, -0.1) is 11.3 Å². The van der Waals surface area contributed by atoms with Crippen LogP contribution in [0.15, 0.2) is 92.6 Å². The largest absolute Gasteiger partial charge is 0.497 e. The summed E-state index contributed by atoms with van der Waals surface area (Å²) in [7, 11) is -0.957. The summed E-state index contributed by atoms with van der Waals surface area (Å²) < 4.78 is 47.0. The molecule has 0 aliphatic heterocycles. The van der Waals surface area contributed by atoms with Crippen molar-refractivity contribution in [1.82, 2.24) is 4.31 Å². The van der Waals surface area contributed by atoms with Crippen molar-refractivity contribution in [3.05, 3.63) is 112 Å². The smallest absolute Gasteiger partial charge is 0.252 e. The zero-order chi connectivity index (χ0) is 36.4. The monoisotopic (exact) mass is 733 g/mol. The Morgan fingerprint density at radius 2 is 1.88 bits per heavy atom. The SMILES string of the molecule is COc1ccc(CN(C[C@]2(O)CC[C@H]3c4ccc(cc4C(=O)c4ccco4)C[C@@H](O)CCC(C)=CCC[C@@]32C)S(=O)(=O)c2cccs2)c(OC)c1. The van der Waals surface area contributed by atoms with Gasteiger partial charge in [0.2, 0.25) is 5.78 Å². The number of aliphatic hydroxyl groups excluding tert-OH is 1. The van der Waals surface area contributed by atoms with Crippen LogP contribution in [0.4, 0.5) is 0 Å². The number of carbonyl (C=O) groups is 1. The Morgan fingerprint density at radius 1 is 1.06 bits per heavy atom. The Bertz CT molecular complexity index is 1970. The number of hydrogen-bond donors (Lipinski definition) is 2. The average molecular weight is 734 g/mol. The number of benzene rings is 2. The molecule has 2 aromatic heterocycles. The van der Waals surface area contributed by atoms with Gasteiger partial charge in [-0.2, -0.15) is 4.31 Å². The minimum atomic E-state index is -4.05. The van der Waals surface area contributed by atoms with E-state index in [0.29, 0.717) is 61.2 Å². The normalized spacial score (nSPS) is 24.2. The maximum Gasteiger partial charge on any atom is 0.252 e. The molecule has 4 atom stereocenters. The van der Waals surface area contributed by atoms with Crippen molar-refractivity contribution in [2.75, 3.05) is 20.8 Å². The molecule has 9 nitrogen and oxygen atoms in total. The van der Waals surface area contributed by atoms with Crippen LogP contribution in [-0.4, -0.2) is 61.2 Å². The fourth-order valence-corrected chi connectivity index (χ4v) is 10.6. The quantitative estimate of drug-likeness (QED) is 0.127. The van der Waals surface area contributed by atoms with Crippen LogP contribution in [0.1, 0.15) is 91.1 Å². The Balaban J connectivity index is 1.46. The van der Waals surface area contributed by atoms with Gasteiger partial charge in [-0.05, 0) is 105 Å². The van der Waals surface area contributed by atoms with E-state index >= 15 is 0 Å². The van der Waals surface area contributed by atoms with Crippen molar-refractivity contribution in [3.8, 4) is 11.5 Å². The molecule has 2 bridgehead atoms. The standard InChI is InChI=1S/C40H47NO8S2/c1-27-8-5-18-39(2)34(32-16-12-28(22-30(42)14-11-27)23-33(32)38(43)35-9-6-20-49-35)17-19-40(39,44)26-41(51(45,46)37-10-7-21-50-37)25-29-13-15-31(47-3)24-36(29)48-4/h6-10,12-13,15-16,20-21,23-24,30,34,42,44H,5,11,14,17-19,22,25-26H2,1-4H3/t30-,34-,39-,40+/m0/s1. The van der Waals surface area contributed by atoms with Crippen LogP contribution in [0.25, 0.3) is 0 Å². The molecule has 0 unspecified atom stereocenters. The van der Waals surface area contributed by atoms with E-state index < -0.39 is 27.1 Å². The Labute approximate surface area is 304 Å². The van der Waals surface area contributed by atoms with Gasteiger partial charge in [-0.3, -0.25) is 4.79 Å². The minimum absolute atomic E-state index is 0.0330. The number of nitrogens with zero attached hydrogens (tertiary/aromatic N) is 1. The highest BCUT2D eigenvalue weighted by Gasteiger charge is 2.58. The second-order valence-corrected chi connectivity index (χ2v) is 17.2. The fraction of sp³-hybridized carbons (Fsp3) is 0.425. The lowest BCUT2D eigenvalue weighted by atomic mass is 9.65. The third-order valence-corrected chi connectivity index (χ3v) is 14.2. The van der Waals surface area contributed by atoms with Gasteiger partial charge in [0, 0.05) is 35.7 Å². The molecule has 1 fully saturated rings. The van der Waals surface area contributed by atoms with E-state index in [1.807, 2.05) is 25.1 Å². The number of thiophene rings is 1. The van der Waals surface area contributed by atoms with Crippen molar-refractivity contribution < 1.29 is 37.3 Å². The predicted molar refractivity (Wildman–Crippen MR) is 197 cm³/mol. The number of ether oxygens (including phenoxy) is 2. The third-order valence-electron chi connectivity index (χ3n) is 11.0. The van der Waals surface area contributed by atoms with Crippen LogP contribution >= 0.6 is 11.3 Å². The summed E-state index contributed by atoms with van der Waals surface area (Å²) in [5, 5.41) is 25.6. The Hall–Kier alpha value is -3.74. The second-order valence-electron chi connectivity index (χ2n) is 14.1. The molecule has 2 aromatic carbocycles. The first-order chi connectivity index (χ1) is 24.4. The van der Waals surface area contributed by atoms with Crippen LogP contribution in [0, 0.1) is 5.41 Å². The summed E-state index contributed by atoms with van der Waals surface area (Å²) in [6, 6.07) is 17.7. The number of sulfonamides is 1. The number of aliphatic hydroxyl groups is 2. The second kappa shape index (κ2) is 15.1. The van der Waals surface area contributed by atoms with Gasteiger partial charge in [0.25, 0.3) is 10.0 Å². The Kier molecular flexibility index (Phi) is 11.0. The fourth-order valence-electron chi connectivity index (χ4n) is 7.96. The first kappa shape index (κ1) is 37.0. The number of carbonyl (C=O) groups excluding carboxylic acids is 1. The molecule has 2 heterocycles. The highest BCUT2D eigenvalue weighted by molar-refractivity contribution is 7.91. The van der Waals surface area contributed by atoms with E-state index in [9.17, 15) is 23.4 Å². The molecule has 3 aliphatic rings. The van der Waals surface area contributed by atoms with Gasteiger partial charge in [-0.25, -0.2) is 8.42 Å². The molecular weight excluding hydrogens is 687 g/mol. The molecule has 4 aromatic rings. The van der Waals surface area contributed by atoms with E-state index in [0.717, 1.165) is 34.5 Å². The lowest BCUT2D eigenvalue weighted by molar-refractivity contribution is -0.0732. The van der Waals surface area contributed by atoms with Gasteiger partial charge in [0.05, 0.1) is 32.2 Å². The maximum atomic E-state index is 14.4. The molecule has 3 aliphatic carbocycles. The maximum absolute atomic E-state index is 14.4. The highest BCUT2D eigenvalue weighted by atomic mass is 32.2.